The van der Waals surface area contributed by atoms with Gasteiger partial charge in [-0.15, -0.1) is 0 Å². The van der Waals surface area contributed by atoms with E-state index in [0.29, 0.717) is 34.4 Å². The number of halogens is 1. The molecule has 2 unspecified atom stereocenters. The molecule has 2 aromatic rings. The Morgan fingerprint density at radius 3 is 2.79 bits per heavy atom. The largest absolute Gasteiger partial charge is 0.489 e. The summed E-state index contributed by atoms with van der Waals surface area (Å²) in [4.78, 5) is 16.0. The number of ether oxygens (including phenoxy) is 2. The highest BCUT2D eigenvalue weighted by molar-refractivity contribution is 5.90. The molecule has 1 aromatic carbocycles. The van der Waals surface area contributed by atoms with Crippen molar-refractivity contribution in [3.05, 3.63) is 47.9 Å². The van der Waals surface area contributed by atoms with Gasteiger partial charge in [-0.25, -0.2) is 9.18 Å². The molecule has 124 valence electrons. The van der Waals surface area contributed by atoms with Gasteiger partial charge in [0.1, 0.15) is 17.7 Å². The van der Waals surface area contributed by atoms with E-state index >= 15 is 0 Å². The number of fused-ring (bicyclic) bond motifs is 1. The lowest BCUT2D eigenvalue weighted by Crippen LogP contribution is -2.20. The maximum Gasteiger partial charge on any atom is 0.337 e. The lowest BCUT2D eigenvalue weighted by atomic mass is 10.1. The second-order valence-corrected chi connectivity index (χ2v) is 6.13. The van der Waals surface area contributed by atoms with Crippen LogP contribution < -0.4 is 10.1 Å². The standard InChI is InChI=1S/C18H17FN2O3/c1-23-18(22)10-4-5-21-15(6-10)12-3-2-11(19)7-16(12)24-17-13-8-20-9-14(13)17/h2-7,13-14,17,20H,8-9H2,1H3. The van der Waals surface area contributed by atoms with Crippen molar-refractivity contribution in [3.63, 3.8) is 0 Å². The van der Waals surface area contributed by atoms with Gasteiger partial charge in [0.25, 0.3) is 0 Å². The zero-order valence-corrected chi connectivity index (χ0v) is 13.2. The molecule has 6 heteroatoms. The van der Waals surface area contributed by atoms with Gasteiger partial charge in [0, 0.05) is 42.8 Å². The number of pyridine rings is 1. The molecule has 1 saturated heterocycles. The van der Waals surface area contributed by atoms with E-state index in [1.807, 2.05) is 0 Å². The summed E-state index contributed by atoms with van der Waals surface area (Å²) < 4.78 is 24.5. The number of nitrogens with zero attached hydrogens (tertiary/aromatic N) is 1. The molecule has 4 rings (SSSR count). The van der Waals surface area contributed by atoms with Crippen LogP contribution in [0.5, 0.6) is 5.75 Å². The first-order valence-electron chi connectivity index (χ1n) is 7.89. The van der Waals surface area contributed by atoms with E-state index in [2.05, 4.69) is 10.3 Å². The number of benzene rings is 1. The Kier molecular flexibility index (Phi) is 3.69. The van der Waals surface area contributed by atoms with Gasteiger partial charge in [-0.2, -0.15) is 0 Å². The number of aromatic nitrogens is 1. The van der Waals surface area contributed by atoms with Crippen molar-refractivity contribution >= 4 is 5.97 Å². The first kappa shape index (κ1) is 15.1. The quantitative estimate of drug-likeness (QED) is 0.873. The minimum Gasteiger partial charge on any atom is -0.489 e. The van der Waals surface area contributed by atoms with Crippen LogP contribution in [0, 0.1) is 17.7 Å². The average molecular weight is 328 g/mol. The van der Waals surface area contributed by atoms with Gasteiger partial charge < -0.3 is 14.8 Å². The molecule has 1 aromatic heterocycles. The van der Waals surface area contributed by atoms with Crippen LogP contribution in [0.3, 0.4) is 0 Å². The van der Waals surface area contributed by atoms with E-state index in [1.165, 1.54) is 25.4 Å². The van der Waals surface area contributed by atoms with E-state index in [1.54, 1.807) is 18.2 Å². The van der Waals surface area contributed by atoms with E-state index in [-0.39, 0.29) is 11.9 Å². The van der Waals surface area contributed by atoms with Crippen LogP contribution in [-0.2, 0) is 4.74 Å². The van der Waals surface area contributed by atoms with Crippen molar-refractivity contribution in [1.82, 2.24) is 10.3 Å². The molecule has 0 amide bonds. The molecule has 1 aliphatic heterocycles. The smallest absolute Gasteiger partial charge is 0.337 e. The molecule has 1 saturated carbocycles. The van der Waals surface area contributed by atoms with Gasteiger partial charge in [0.2, 0.25) is 0 Å². The van der Waals surface area contributed by atoms with Crippen LogP contribution in [0.15, 0.2) is 36.5 Å². The Bertz CT molecular complexity index is 786. The highest BCUT2D eigenvalue weighted by atomic mass is 19.1. The van der Waals surface area contributed by atoms with Crippen molar-refractivity contribution in [1.29, 1.82) is 0 Å². The fraction of sp³-hybridized carbons (Fsp3) is 0.333. The first-order valence-corrected chi connectivity index (χ1v) is 7.89. The predicted octanol–water partition coefficient (Wildman–Crippen LogP) is 2.27. The van der Waals surface area contributed by atoms with Crippen molar-refractivity contribution in [3.8, 4) is 17.0 Å². The maximum atomic E-state index is 13.7. The molecule has 2 fully saturated rings. The number of methoxy groups -OCH3 is 1. The Morgan fingerprint density at radius 2 is 2.04 bits per heavy atom. The third kappa shape index (κ3) is 2.63. The third-order valence-electron chi connectivity index (χ3n) is 4.68. The summed E-state index contributed by atoms with van der Waals surface area (Å²) in [5.41, 5.74) is 1.61. The topological polar surface area (TPSA) is 60.5 Å². The lowest BCUT2D eigenvalue weighted by Gasteiger charge is -2.13. The average Bonchev–Trinajstić information content (AvgIpc) is 3.03. The van der Waals surface area contributed by atoms with Crippen LogP contribution >= 0.6 is 0 Å². The summed E-state index contributed by atoms with van der Waals surface area (Å²) in [6.45, 7) is 1.88. The molecule has 1 N–H and O–H groups in total. The van der Waals surface area contributed by atoms with Gasteiger partial charge in [-0.05, 0) is 24.3 Å². The minimum absolute atomic E-state index is 0.121. The van der Waals surface area contributed by atoms with Gasteiger partial charge in [0.15, 0.2) is 0 Å². The van der Waals surface area contributed by atoms with Crippen LogP contribution in [0.4, 0.5) is 4.39 Å². The van der Waals surface area contributed by atoms with Crippen molar-refractivity contribution in [2.45, 2.75) is 6.10 Å². The van der Waals surface area contributed by atoms with Crippen LogP contribution in [0.25, 0.3) is 11.3 Å². The predicted molar refractivity (Wildman–Crippen MR) is 85.2 cm³/mol. The lowest BCUT2D eigenvalue weighted by molar-refractivity contribution is 0.0600. The molecule has 0 spiro atoms. The number of rotatable bonds is 4. The number of hydrogen-bond donors (Lipinski definition) is 1. The summed E-state index contributed by atoms with van der Waals surface area (Å²) >= 11 is 0. The van der Waals surface area contributed by atoms with Gasteiger partial charge in [0.05, 0.1) is 18.4 Å². The number of esters is 1. The highest BCUT2D eigenvalue weighted by Gasteiger charge is 2.55. The molecule has 2 aliphatic rings. The maximum absolute atomic E-state index is 13.7. The third-order valence-corrected chi connectivity index (χ3v) is 4.68. The normalized spacial score (nSPS) is 24.3. The molecule has 5 nitrogen and oxygen atoms in total. The number of piperidine rings is 1. The highest BCUT2D eigenvalue weighted by Crippen LogP contribution is 2.46. The van der Waals surface area contributed by atoms with E-state index in [9.17, 15) is 9.18 Å². The van der Waals surface area contributed by atoms with E-state index in [4.69, 9.17) is 9.47 Å². The van der Waals surface area contributed by atoms with Crippen molar-refractivity contribution in [2.24, 2.45) is 11.8 Å². The molecule has 2 heterocycles. The Labute approximate surface area is 138 Å². The second-order valence-electron chi connectivity index (χ2n) is 6.13. The van der Waals surface area contributed by atoms with Gasteiger partial charge in [-0.1, -0.05) is 0 Å². The van der Waals surface area contributed by atoms with E-state index in [0.717, 1.165) is 13.1 Å². The zero-order chi connectivity index (χ0) is 16.7. The Morgan fingerprint density at radius 1 is 1.25 bits per heavy atom. The number of hydrogen-bond acceptors (Lipinski definition) is 5. The summed E-state index contributed by atoms with van der Waals surface area (Å²) in [7, 11) is 1.33. The SMILES string of the molecule is COC(=O)c1ccnc(-c2ccc(F)cc2OC2C3CNCC32)c1. The molecule has 1 aliphatic carbocycles. The van der Waals surface area contributed by atoms with Crippen LogP contribution in [0.2, 0.25) is 0 Å². The van der Waals surface area contributed by atoms with Gasteiger partial charge in [-0.3, -0.25) is 4.98 Å². The summed E-state index contributed by atoms with van der Waals surface area (Å²) in [5, 5.41) is 3.30. The van der Waals surface area contributed by atoms with E-state index < -0.39 is 5.97 Å². The van der Waals surface area contributed by atoms with Crippen LogP contribution in [-0.4, -0.2) is 37.3 Å². The summed E-state index contributed by atoms with van der Waals surface area (Å²) in [5.74, 6) is 0.655. The summed E-state index contributed by atoms with van der Waals surface area (Å²) in [6, 6.07) is 7.58. The fourth-order valence-electron chi connectivity index (χ4n) is 3.31. The molecule has 24 heavy (non-hydrogen) atoms. The molecule has 0 bridgehead atoms. The summed E-state index contributed by atoms with van der Waals surface area (Å²) in [6.07, 6.45) is 1.65. The number of carbonyl (C=O) groups is 1. The Balaban J connectivity index is 1.66. The fourth-order valence-corrected chi connectivity index (χ4v) is 3.31. The number of carbonyl (C=O) groups excluding carboxylic acids is 1. The van der Waals surface area contributed by atoms with Crippen molar-refractivity contribution in [2.75, 3.05) is 20.2 Å². The number of nitrogens with one attached hydrogen (secondary N) is 1. The zero-order valence-electron chi connectivity index (χ0n) is 13.2. The first-order chi connectivity index (χ1) is 11.7. The molecular formula is C18H17FN2O3. The minimum atomic E-state index is -0.439. The molecular weight excluding hydrogens is 311 g/mol. The second kappa shape index (κ2) is 5.87. The monoisotopic (exact) mass is 328 g/mol. The van der Waals surface area contributed by atoms with Crippen LogP contribution in [0.1, 0.15) is 10.4 Å². The van der Waals surface area contributed by atoms with Gasteiger partial charge >= 0.3 is 5.97 Å². The van der Waals surface area contributed by atoms with Crippen molar-refractivity contribution < 1.29 is 18.7 Å². The molecule has 0 radical (unpaired) electrons. The molecule has 2 atom stereocenters. The Hall–Kier alpha value is -2.47.